The Morgan fingerprint density at radius 1 is 0.969 bits per heavy atom. The van der Waals surface area contributed by atoms with Gasteiger partial charge in [0.1, 0.15) is 12.6 Å². The van der Waals surface area contributed by atoms with Crippen LogP contribution in [0.2, 0.25) is 0 Å². The molecule has 9 nitrogen and oxygen atoms in total. The molecular weight excluding hydrogens is 410 g/mol. The van der Waals surface area contributed by atoms with Gasteiger partial charge in [-0.25, -0.2) is 14.3 Å². The maximum atomic E-state index is 12.8. The third kappa shape index (κ3) is 7.19. The number of hydrogen-bond donors (Lipinski definition) is 1. The van der Waals surface area contributed by atoms with Crippen LogP contribution in [0.15, 0.2) is 60.7 Å². The molecule has 1 aromatic heterocycles. The van der Waals surface area contributed by atoms with Gasteiger partial charge >= 0.3 is 12.1 Å². The topological polar surface area (TPSA) is 108 Å². The largest absolute Gasteiger partial charge is 0.456 e. The van der Waals surface area contributed by atoms with Crippen molar-refractivity contribution >= 4 is 12.1 Å². The van der Waals surface area contributed by atoms with Crippen molar-refractivity contribution in [3.05, 3.63) is 77.6 Å². The first-order valence-corrected chi connectivity index (χ1v) is 10.6. The molecule has 1 atom stereocenters. The van der Waals surface area contributed by atoms with Crippen molar-refractivity contribution in [1.82, 2.24) is 25.5 Å². The van der Waals surface area contributed by atoms with E-state index in [0.29, 0.717) is 12.4 Å². The molecule has 168 valence electrons. The molecule has 3 rings (SSSR count). The Kier molecular flexibility index (Phi) is 8.73. The second-order valence-corrected chi connectivity index (χ2v) is 7.23. The molecule has 2 aromatic carbocycles. The first-order valence-electron chi connectivity index (χ1n) is 10.6. The highest BCUT2D eigenvalue weighted by atomic mass is 16.6. The van der Waals surface area contributed by atoms with Gasteiger partial charge in [-0.05, 0) is 28.0 Å². The Bertz CT molecular complexity index is 978. The van der Waals surface area contributed by atoms with Gasteiger partial charge in [-0.3, -0.25) is 0 Å². The zero-order chi connectivity index (χ0) is 22.6. The fourth-order valence-electron chi connectivity index (χ4n) is 2.99. The molecule has 0 aliphatic rings. The normalized spacial score (nSPS) is 11.5. The molecule has 1 heterocycles. The highest BCUT2D eigenvalue weighted by Crippen LogP contribution is 2.08. The van der Waals surface area contributed by atoms with Gasteiger partial charge in [-0.2, -0.15) is 0 Å². The lowest BCUT2D eigenvalue weighted by atomic mass is 10.1. The number of carbonyl (C=O) groups is 2. The molecule has 32 heavy (non-hydrogen) atoms. The van der Waals surface area contributed by atoms with Crippen LogP contribution in [0.3, 0.4) is 0 Å². The first kappa shape index (κ1) is 22.9. The summed E-state index contributed by atoms with van der Waals surface area (Å²) in [6, 6.07) is 17.8. The third-order valence-electron chi connectivity index (χ3n) is 4.75. The summed E-state index contributed by atoms with van der Waals surface area (Å²) in [6.07, 6.45) is 1.48. The van der Waals surface area contributed by atoms with E-state index in [9.17, 15) is 9.59 Å². The van der Waals surface area contributed by atoms with Crippen molar-refractivity contribution in [2.24, 2.45) is 0 Å². The SMILES string of the molecule is CCCCn1nnnc1COC(=O)[C@H](Cc1ccccc1)NC(=O)OCc1ccccc1. The number of aryl methyl sites for hydroxylation is 1. The Morgan fingerprint density at radius 2 is 1.66 bits per heavy atom. The zero-order valence-corrected chi connectivity index (χ0v) is 18.0. The van der Waals surface area contributed by atoms with Gasteiger partial charge < -0.3 is 14.8 Å². The number of alkyl carbamates (subject to hydrolysis) is 1. The molecule has 0 radical (unpaired) electrons. The number of unbranched alkanes of at least 4 members (excludes halogenated alkanes) is 1. The van der Waals surface area contributed by atoms with E-state index in [1.807, 2.05) is 60.7 Å². The van der Waals surface area contributed by atoms with Crippen LogP contribution in [0, 0.1) is 0 Å². The van der Waals surface area contributed by atoms with Crippen LogP contribution in [0.1, 0.15) is 36.7 Å². The van der Waals surface area contributed by atoms with E-state index in [0.717, 1.165) is 24.0 Å². The molecule has 1 N–H and O–H groups in total. The number of nitrogens with zero attached hydrogens (tertiary/aromatic N) is 4. The molecule has 0 aliphatic carbocycles. The Labute approximate surface area is 186 Å². The van der Waals surface area contributed by atoms with Crippen molar-refractivity contribution in [3.8, 4) is 0 Å². The summed E-state index contributed by atoms with van der Waals surface area (Å²) in [4.78, 5) is 25.2. The predicted octanol–water partition coefficient (Wildman–Crippen LogP) is 3.05. The molecule has 1 amide bonds. The summed E-state index contributed by atoms with van der Waals surface area (Å²) >= 11 is 0. The van der Waals surface area contributed by atoms with Gasteiger partial charge in [0.25, 0.3) is 0 Å². The smallest absolute Gasteiger partial charge is 0.408 e. The number of aromatic nitrogens is 4. The summed E-state index contributed by atoms with van der Waals surface area (Å²) in [7, 11) is 0. The van der Waals surface area contributed by atoms with Gasteiger partial charge in [-0.15, -0.1) is 5.10 Å². The van der Waals surface area contributed by atoms with Crippen LogP contribution >= 0.6 is 0 Å². The average Bonchev–Trinajstić information content (AvgIpc) is 3.28. The van der Waals surface area contributed by atoms with E-state index in [-0.39, 0.29) is 19.6 Å². The molecule has 0 bridgehead atoms. The number of ether oxygens (including phenoxy) is 2. The number of tetrazole rings is 1. The van der Waals surface area contributed by atoms with Crippen LogP contribution < -0.4 is 5.32 Å². The molecule has 3 aromatic rings. The number of nitrogens with one attached hydrogen (secondary N) is 1. The lowest BCUT2D eigenvalue weighted by Crippen LogP contribution is -2.43. The summed E-state index contributed by atoms with van der Waals surface area (Å²) in [5.74, 6) is -0.132. The standard InChI is InChI=1S/C23H27N5O4/c1-2-3-14-28-21(25-26-27-28)17-31-22(29)20(15-18-10-6-4-7-11-18)24-23(30)32-16-19-12-8-5-9-13-19/h4-13,20H,2-3,14-17H2,1H3,(H,24,30)/t20-/m0/s1. The van der Waals surface area contributed by atoms with Crippen molar-refractivity contribution < 1.29 is 19.1 Å². The maximum absolute atomic E-state index is 12.8. The monoisotopic (exact) mass is 437 g/mol. The first-order chi connectivity index (χ1) is 15.7. The highest BCUT2D eigenvalue weighted by Gasteiger charge is 2.24. The van der Waals surface area contributed by atoms with Crippen LogP contribution in [-0.4, -0.2) is 38.3 Å². The van der Waals surface area contributed by atoms with Crippen molar-refractivity contribution in [3.63, 3.8) is 0 Å². The summed E-state index contributed by atoms with van der Waals surface area (Å²) in [5.41, 5.74) is 1.73. The molecule has 0 fully saturated rings. The van der Waals surface area contributed by atoms with E-state index in [1.54, 1.807) is 4.68 Å². The minimum atomic E-state index is -0.916. The number of benzene rings is 2. The van der Waals surface area contributed by atoms with Gasteiger partial charge in [0.15, 0.2) is 12.4 Å². The van der Waals surface area contributed by atoms with Gasteiger partial charge in [0.2, 0.25) is 0 Å². The predicted molar refractivity (Wildman–Crippen MR) is 116 cm³/mol. The quantitative estimate of drug-likeness (QED) is 0.459. The van der Waals surface area contributed by atoms with E-state index in [1.165, 1.54) is 0 Å². The highest BCUT2D eigenvalue weighted by molar-refractivity contribution is 5.81. The molecule has 0 spiro atoms. The molecule has 0 saturated heterocycles. The fraction of sp³-hybridized carbons (Fsp3) is 0.348. The van der Waals surface area contributed by atoms with Crippen LogP contribution in [-0.2, 0) is 40.4 Å². The number of hydrogen-bond acceptors (Lipinski definition) is 7. The van der Waals surface area contributed by atoms with Crippen molar-refractivity contribution in [2.45, 2.75) is 52.0 Å². The molecular formula is C23H27N5O4. The Hall–Kier alpha value is -3.75. The van der Waals surface area contributed by atoms with Gasteiger partial charge in [0, 0.05) is 13.0 Å². The lowest BCUT2D eigenvalue weighted by molar-refractivity contribution is -0.147. The second-order valence-electron chi connectivity index (χ2n) is 7.23. The minimum Gasteiger partial charge on any atom is -0.456 e. The molecule has 0 aliphatic heterocycles. The summed E-state index contributed by atoms with van der Waals surface area (Å²) in [5, 5.41) is 14.1. The number of rotatable bonds is 11. The van der Waals surface area contributed by atoms with Crippen LogP contribution in [0.4, 0.5) is 4.79 Å². The average molecular weight is 438 g/mol. The van der Waals surface area contributed by atoms with E-state index < -0.39 is 18.1 Å². The van der Waals surface area contributed by atoms with E-state index in [4.69, 9.17) is 9.47 Å². The third-order valence-corrected chi connectivity index (χ3v) is 4.75. The van der Waals surface area contributed by atoms with Crippen molar-refractivity contribution in [2.75, 3.05) is 0 Å². The number of esters is 1. The molecule has 0 saturated carbocycles. The maximum Gasteiger partial charge on any atom is 0.408 e. The zero-order valence-electron chi connectivity index (χ0n) is 18.0. The van der Waals surface area contributed by atoms with Crippen molar-refractivity contribution in [1.29, 1.82) is 0 Å². The van der Waals surface area contributed by atoms with E-state index in [2.05, 4.69) is 27.8 Å². The minimum absolute atomic E-state index is 0.0818. The Morgan fingerprint density at radius 3 is 2.34 bits per heavy atom. The Balaban J connectivity index is 1.60. The van der Waals surface area contributed by atoms with Gasteiger partial charge in [0.05, 0.1) is 0 Å². The summed E-state index contributed by atoms with van der Waals surface area (Å²) in [6.45, 7) is 2.74. The number of carbonyl (C=O) groups excluding carboxylic acids is 2. The van der Waals surface area contributed by atoms with Crippen LogP contribution in [0.25, 0.3) is 0 Å². The van der Waals surface area contributed by atoms with E-state index >= 15 is 0 Å². The fourth-order valence-corrected chi connectivity index (χ4v) is 2.99. The summed E-state index contributed by atoms with van der Waals surface area (Å²) < 4.78 is 12.3. The molecule has 0 unspecified atom stereocenters. The lowest BCUT2D eigenvalue weighted by Gasteiger charge is -2.18. The second kappa shape index (κ2) is 12.2. The number of amides is 1. The van der Waals surface area contributed by atoms with Crippen LogP contribution in [0.5, 0.6) is 0 Å². The van der Waals surface area contributed by atoms with Gasteiger partial charge in [-0.1, -0.05) is 74.0 Å². The molecule has 9 heteroatoms.